The Labute approximate surface area is 116 Å². The first-order valence-corrected chi connectivity index (χ1v) is 10.1. The van der Waals surface area contributed by atoms with E-state index in [9.17, 15) is 0 Å². The first-order valence-electron chi connectivity index (χ1n) is 8.49. The molecule has 2 rings (SSSR count). The normalized spacial score (nSPS) is 24.3. The van der Waals surface area contributed by atoms with E-state index in [2.05, 4.69) is 6.92 Å². The van der Waals surface area contributed by atoms with Crippen molar-refractivity contribution >= 4 is 9.76 Å². The molecule has 2 saturated carbocycles. The minimum absolute atomic E-state index is 0.226. The molecule has 2 aliphatic rings. The molecule has 0 aromatic heterocycles. The highest BCUT2D eigenvalue weighted by Gasteiger charge is 2.30. The topological polar surface area (TPSA) is 9.23 Å². The van der Waals surface area contributed by atoms with Gasteiger partial charge in [-0.1, -0.05) is 64.2 Å². The van der Waals surface area contributed by atoms with Crippen molar-refractivity contribution in [3.05, 3.63) is 0 Å². The fourth-order valence-corrected chi connectivity index (χ4v) is 6.02. The zero-order valence-corrected chi connectivity index (χ0v) is 13.7. The van der Waals surface area contributed by atoms with E-state index in [1.165, 1.54) is 70.3 Å². The van der Waals surface area contributed by atoms with E-state index < -0.39 is 0 Å². The fourth-order valence-electron chi connectivity index (χ4n) is 4.34. The van der Waals surface area contributed by atoms with Gasteiger partial charge in [-0.25, -0.2) is 0 Å². The lowest BCUT2D eigenvalue weighted by molar-refractivity contribution is 0.155. The Morgan fingerprint density at radius 1 is 0.889 bits per heavy atom. The quantitative estimate of drug-likeness (QED) is 0.515. The standard InChI is InChI=1S/C16H32OSi/c1-2-17-18-13-16(14-9-5-3-6-10-14)15-11-7-4-8-12-15/h14-16H,2-13,18H2,1H3. The van der Waals surface area contributed by atoms with Gasteiger partial charge in [-0.2, -0.15) is 0 Å². The van der Waals surface area contributed by atoms with Crippen molar-refractivity contribution in [3.63, 3.8) is 0 Å². The molecule has 2 aliphatic carbocycles. The molecule has 0 saturated heterocycles. The molecule has 0 heterocycles. The molecular formula is C16H32OSi. The second kappa shape index (κ2) is 8.37. The van der Waals surface area contributed by atoms with Crippen LogP contribution in [0.4, 0.5) is 0 Å². The van der Waals surface area contributed by atoms with Crippen LogP contribution in [0.2, 0.25) is 6.04 Å². The third kappa shape index (κ3) is 4.38. The maximum absolute atomic E-state index is 5.78. The van der Waals surface area contributed by atoms with Crippen LogP contribution in [0.15, 0.2) is 0 Å². The molecule has 18 heavy (non-hydrogen) atoms. The van der Waals surface area contributed by atoms with E-state index in [0.717, 1.165) is 24.4 Å². The number of hydrogen-bond donors (Lipinski definition) is 0. The zero-order chi connectivity index (χ0) is 12.6. The van der Waals surface area contributed by atoms with Gasteiger partial charge in [-0.3, -0.25) is 0 Å². The van der Waals surface area contributed by atoms with E-state index in [4.69, 9.17) is 4.43 Å². The fraction of sp³-hybridized carbons (Fsp3) is 1.00. The molecule has 106 valence electrons. The third-order valence-corrected chi connectivity index (χ3v) is 6.91. The largest absolute Gasteiger partial charge is 0.424 e. The van der Waals surface area contributed by atoms with Crippen LogP contribution in [0.3, 0.4) is 0 Å². The van der Waals surface area contributed by atoms with Gasteiger partial charge in [0.15, 0.2) is 9.76 Å². The van der Waals surface area contributed by atoms with E-state index in [0.29, 0.717) is 0 Å². The minimum Gasteiger partial charge on any atom is -0.424 e. The molecule has 0 radical (unpaired) electrons. The number of rotatable bonds is 6. The van der Waals surface area contributed by atoms with Crippen LogP contribution in [-0.4, -0.2) is 16.4 Å². The molecule has 0 atom stereocenters. The zero-order valence-electron chi connectivity index (χ0n) is 12.3. The lowest BCUT2D eigenvalue weighted by Crippen LogP contribution is -2.28. The molecule has 0 aromatic rings. The molecule has 0 amide bonds. The van der Waals surface area contributed by atoms with Crippen molar-refractivity contribution in [2.75, 3.05) is 6.61 Å². The highest BCUT2D eigenvalue weighted by atomic mass is 28.2. The van der Waals surface area contributed by atoms with Crippen molar-refractivity contribution in [3.8, 4) is 0 Å². The lowest BCUT2D eigenvalue weighted by Gasteiger charge is -2.38. The third-order valence-electron chi connectivity index (χ3n) is 5.31. The first kappa shape index (κ1) is 14.6. The van der Waals surface area contributed by atoms with E-state index >= 15 is 0 Å². The van der Waals surface area contributed by atoms with Crippen molar-refractivity contribution in [2.24, 2.45) is 17.8 Å². The second-order valence-corrected chi connectivity index (χ2v) is 7.84. The van der Waals surface area contributed by atoms with Gasteiger partial charge in [0.2, 0.25) is 0 Å². The SMILES string of the molecule is CCO[SiH2]CC(C1CCCCC1)C1CCCCC1. The molecule has 0 aliphatic heterocycles. The number of hydrogen-bond acceptors (Lipinski definition) is 1. The summed E-state index contributed by atoms with van der Waals surface area (Å²) in [4.78, 5) is 0. The Morgan fingerprint density at radius 3 is 1.83 bits per heavy atom. The molecular weight excluding hydrogens is 236 g/mol. The van der Waals surface area contributed by atoms with E-state index in [1.54, 1.807) is 0 Å². The van der Waals surface area contributed by atoms with Crippen molar-refractivity contribution in [1.29, 1.82) is 0 Å². The van der Waals surface area contributed by atoms with Crippen LogP contribution in [-0.2, 0) is 4.43 Å². The Kier molecular flexibility index (Phi) is 6.78. The Morgan fingerprint density at radius 2 is 1.39 bits per heavy atom. The molecule has 0 N–H and O–H groups in total. The highest BCUT2D eigenvalue weighted by molar-refractivity contribution is 6.27. The summed E-state index contributed by atoms with van der Waals surface area (Å²) in [6.45, 7) is 3.11. The monoisotopic (exact) mass is 268 g/mol. The molecule has 0 bridgehead atoms. The Bertz CT molecular complexity index is 189. The molecule has 0 spiro atoms. The lowest BCUT2D eigenvalue weighted by atomic mass is 9.70. The molecule has 2 fully saturated rings. The van der Waals surface area contributed by atoms with Crippen LogP contribution in [0.1, 0.15) is 71.1 Å². The average molecular weight is 269 g/mol. The van der Waals surface area contributed by atoms with Gasteiger partial charge in [-0.15, -0.1) is 0 Å². The predicted octanol–water partition coefficient (Wildman–Crippen LogP) is 4.30. The average Bonchev–Trinajstić information content (AvgIpc) is 2.46. The van der Waals surface area contributed by atoms with Gasteiger partial charge in [-0.05, 0) is 30.7 Å². The minimum atomic E-state index is -0.226. The van der Waals surface area contributed by atoms with Gasteiger partial charge in [0.05, 0.1) is 0 Å². The van der Waals surface area contributed by atoms with Gasteiger partial charge in [0.1, 0.15) is 0 Å². The van der Waals surface area contributed by atoms with E-state index in [-0.39, 0.29) is 9.76 Å². The summed E-state index contributed by atoms with van der Waals surface area (Å²) in [6.07, 6.45) is 15.1. The van der Waals surface area contributed by atoms with Crippen LogP contribution < -0.4 is 0 Å². The maximum atomic E-state index is 5.78. The Hall–Kier alpha value is 0.177. The molecule has 2 heteroatoms. The van der Waals surface area contributed by atoms with Crippen LogP contribution in [0.5, 0.6) is 0 Å². The molecule has 0 unspecified atom stereocenters. The summed E-state index contributed by atoms with van der Waals surface area (Å²) >= 11 is 0. The van der Waals surface area contributed by atoms with E-state index in [1.807, 2.05) is 0 Å². The summed E-state index contributed by atoms with van der Waals surface area (Å²) in [5.41, 5.74) is 0. The van der Waals surface area contributed by atoms with Gasteiger partial charge in [0, 0.05) is 6.61 Å². The summed E-state index contributed by atoms with van der Waals surface area (Å²) < 4.78 is 5.78. The van der Waals surface area contributed by atoms with Crippen molar-refractivity contribution < 1.29 is 4.43 Å². The summed E-state index contributed by atoms with van der Waals surface area (Å²) in [5, 5.41) is 0. The van der Waals surface area contributed by atoms with Crippen LogP contribution >= 0.6 is 0 Å². The van der Waals surface area contributed by atoms with Crippen LogP contribution in [0.25, 0.3) is 0 Å². The predicted molar refractivity (Wildman–Crippen MR) is 81.6 cm³/mol. The van der Waals surface area contributed by atoms with Crippen molar-refractivity contribution in [1.82, 2.24) is 0 Å². The summed E-state index contributed by atoms with van der Waals surface area (Å²) in [5.74, 6) is 3.17. The van der Waals surface area contributed by atoms with Gasteiger partial charge in [0.25, 0.3) is 0 Å². The smallest absolute Gasteiger partial charge is 0.161 e. The summed E-state index contributed by atoms with van der Waals surface area (Å²) in [7, 11) is -0.226. The highest BCUT2D eigenvalue weighted by Crippen LogP contribution is 2.41. The van der Waals surface area contributed by atoms with Crippen molar-refractivity contribution in [2.45, 2.75) is 77.2 Å². The van der Waals surface area contributed by atoms with Gasteiger partial charge >= 0.3 is 0 Å². The Balaban J connectivity index is 1.87. The molecule has 1 nitrogen and oxygen atoms in total. The van der Waals surface area contributed by atoms with Crippen LogP contribution in [0, 0.1) is 17.8 Å². The second-order valence-electron chi connectivity index (χ2n) is 6.45. The first-order chi connectivity index (χ1) is 8.92. The summed E-state index contributed by atoms with van der Waals surface area (Å²) in [6, 6.07) is 1.48. The molecule has 0 aromatic carbocycles. The maximum Gasteiger partial charge on any atom is 0.161 e. The van der Waals surface area contributed by atoms with Gasteiger partial charge < -0.3 is 4.43 Å².